The fraction of sp³-hybridized carbons (Fsp3) is 0.500. The van der Waals surface area contributed by atoms with Crippen LogP contribution in [0.4, 0.5) is 0 Å². The predicted molar refractivity (Wildman–Crippen MR) is 74.6 cm³/mol. The lowest BCUT2D eigenvalue weighted by Crippen LogP contribution is -2.48. The quantitative estimate of drug-likeness (QED) is 0.364. The van der Waals surface area contributed by atoms with Crippen molar-refractivity contribution in [3.05, 3.63) is 32.8 Å². The molecule has 17 heavy (non-hydrogen) atoms. The Hall–Kier alpha value is -0.850. The highest BCUT2D eigenvalue weighted by atomic mass is 127. The number of rotatable bonds is 3. The lowest BCUT2D eigenvalue weighted by molar-refractivity contribution is -0.621. The Labute approximate surface area is 115 Å². The van der Waals surface area contributed by atoms with Crippen molar-refractivity contribution in [1.82, 2.24) is 4.90 Å². The fourth-order valence-corrected chi connectivity index (χ4v) is 2.29. The van der Waals surface area contributed by atoms with Crippen molar-refractivity contribution in [2.24, 2.45) is 0 Å². The van der Waals surface area contributed by atoms with E-state index in [4.69, 9.17) is 0 Å². The van der Waals surface area contributed by atoms with Crippen LogP contribution in [0.25, 0.3) is 0 Å². The highest BCUT2D eigenvalue weighted by Gasteiger charge is 2.27. The Kier molecular flexibility index (Phi) is 4.73. The molecule has 1 aromatic rings. The van der Waals surface area contributed by atoms with E-state index in [2.05, 4.69) is 0 Å². The number of nitrogens with zero attached hydrogens (tertiary/aromatic N) is 2. The van der Waals surface area contributed by atoms with E-state index < -0.39 is 0 Å². The van der Waals surface area contributed by atoms with Crippen LogP contribution in [-0.2, 0) is 0 Å². The monoisotopic (exact) mass is 348 g/mol. The van der Waals surface area contributed by atoms with Crippen LogP contribution >= 0.6 is 22.6 Å². The first-order valence-corrected chi connectivity index (χ1v) is 6.65. The number of carbonyl (C=O) groups is 1. The summed E-state index contributed by atoms with van der Waals surface area (Å²) in [6.45, 7) is 7.78. The first-order chi connectivity index (χ1) is 7.86. The summed E-state index contributed by atoms with van der Waals surface area (Å²) in [5.74, 6) is -0.219. The van der Waals surface area contributed by atoms with Gasteiger partial charge < -0.3 is 10.1 Å². The topological polar surface area (TPSA) is 47.2 Å². The molecule has 1 amide bonds. The average molecular weight is 348 g/mol. The minimum atomic E-state index is -0.219. The molecule has 1 rings (SSSR count). The molecule has 0 radical (unpaired) electrons. The van der Waals surface area contributed by atoms with Gasteiger partial charge in [0.25, 0.3) is 9.39 Å². The maximum absolute atomic E-state index is 12.3. The van der Waals surface area contributed by atoms with Crippen LogP contribution in [0.3, 0.4) is 0 Å². The van der Waals surface area contributed by atoms with Crippen LogP contribution < -0.4 is 4.73 Å². The molecule has 0 fully saturated rings. The van der Waals surface area contributed by atoms with E-state index in [1.165, 1.54) is 0 Å². The highest BCUT2D eigenvalue weighted by Crippen LogP contribution is 2.10. The molecule has 0 unspecified atom stereocenters. The second-order valence-corrected chi connectivity index (χ2v) is 5.53. The molecule has 5 heteroatoms. The molecule has 0 aromatic carbocycles. The summed E-state index contributed by atoms with van der Waals surface area (Å²) in [4.78, 5) is 14.0. The summed E-state index contributed by atoms with van der Waals surface area (Å²) >= 11 is 1.92. The second-order valence-electron chi connectivity index (χ2n) is 4.43. The standard InChI is InChI=1S/C12H17IN2O2/c1-8(2)14(9(3)4)12(16)10-6-5-7-11(13)15(10)17/h5-9H,1-4H3. The number of halogens is 1. The smallest absolute Gasteiger partial charge is 0.320 e. The van der Waals surface area contributed by atoms with E-state index >= 15 is 0 Å². The van der Waals surface area contributed by atoms with Gasteiger partial charge in [0, 0.05) is 46.8 Å². The zero-order valence-corrected chi connectivity index (χ0v) is 12.6. The Morgan fingerprint density at radius 3 is 2.29 bits per heavy atom. The van der Waals surface area contributed by atoms with Gasteiger partial charge in [-0.05, 0) is 33.8 Å². The molecule has 0 aliphatic carbocycles. The molecule has 0 bridgehead atoms. The third kappa shape index (κ3) is 3.08. The molecular formula is C12H17IN2O2. The molecule has 0 aliphatic rings. The van der Waals surface area contributed by atoms with Gasteiger partial charge in [-0.3, -0.25) is 4.79 Å². The van der Waals surface area contributed by atoms with Crippen LogP contribution in [0.2, 0.25) is 0 Å². The van der Waals surface area contributed by atoms with Crippen molar-refractivity contribution in [2.45, 2.75) is 39.8 Å². The van der Waals surface area contributed by atoms with E-state index in [1.54, 1.807) is 23.1 Å². The van der Waals surface area contributed by atoms with Gasteiger partial charge in [0.05, 0.1) is 0 Å². The van der Waals surface area contributed by atoms with Crippen LogP contribution in [0, 0.1) is 8.91 Å². The number of amides is 1. The van der Waals surface area contributed by atoms with Crippen LogP contribution in [-0.4, -0.2) is 22.9 Å². The van der Waals surface area contributed by atoms with Crippen LogP contribution in [0.1, 0.15) is 38.2 Å². The molecule has 1 heterocycles. The average Bonchev–Trinajstić information content (AvgIpc) is 2.20. The summed E-state index contributed by atoms with van der Waals surface area (Å²) in [6.07, 6.45) is 0. The summed E-state index contributed by atoms with van der Waals surface area (Å²) < 4.78 is 1.18. The zero-order chi connectivity index (χ0) is 13.2. The van der Waals surface area contributed by atoms with E-state index in [9.17, 15) is 10.0 Å². The summed E-state index contributed by atoms with van der Waals surface area (Å²) in [6, 6.07) is 5.11. The van der Waals surface area contributed by atoms with E-state index in [0.717, 1.165) is 0 Å². The maximum atomic E-state index is 12.3. The molecule has 0 saturated carbocycles. The predicted octanol–water partition coefficient (Wildman–Crippen LogP) is 2.18. The molecule has 94 valence electrons. The second kappa shape index (κ2) is 5.66. The number of carbonyl (C=O) groups excluding carboxylic acids is 1. The van der Waals surface area contributed by atoms with E-state index in [-0.39, 0.29) is 23.7 Å². The van der Waals surface area contributed by atoms with Crippen LogP contribution in [0.5, 0.6) is 0 Å². The van der Waals surface area contributed by atoms with Gasteiger partial charge in [0.2, 0.25) is 0 Å². The normalized spacial score (nSPS) is 11.0. The maximum Gasteiger partial charge on any atom is 0.320 e. The molecule has 0 spiro atoms. The van der Waals surface area contributed by atoms with E-state index in [1.807, 2.05) is 50.3 Å². The van der Waals surface area contributed by atoms with Crippen LogP contribution in [0.15, 0.2) is 18.2 Å². The van der Waals surface area contributed by atoms with Gasteiger partial charge in [0.1, 0.15) is 0 Å². The van der Waals surface area contributed by atoms with E-state index in [0.29, 0.717) is 8.43 Å². The molecule has 0 aliphatic heterocycles. The third-order valence-electron chi connectivity index (χ3n) is 2.47. The summed E-state index contributed by atoms with van der Waals surface area (Å²) in [5, 5.41) is 11.8. The minimum absolute atomic E-state index is 0.0698. The minimum Gasteiger partial charge on any atom is -0.617 e. The van der Waals surface area contributed by atoms with Crippen molar-refractivity contribution in [1.29, 1.82) is 0 Å². The van der Waals surface area contributed by atoms with Gasteiger partial charge in [-0.1, -0.05) is 0 Å². The summed E-state index contributed by atoms with van der Waals surface area (Å²) in [7, 11) is 0. The SMILES string of the molecule is CC(C)N(C(=O)c1cccc(I)[n+]1[O-])C(C)C. The van der Waals surface area contributed by atoms with Gasteiger partial charge in [-0.25, -0.2) is 0 Å². The van der Waals surface area contributed by atoms with Gasteiger partial charge in [-0.15, -0.1) is 0 Å². The van der Waals surface area contributed by atoms with Gasteiger partial charge in [-0.2, -0.15) is 4.73 Å². The molecule has 0 N–H and O–H groups in total. The Morgan fingerprint density at radius 1 is 1.29 bits per heavy atom. The molecule has 4 nitrogen and oxygen atoms in total. The Bertz CT molecular complexity index is 411. The molecule has 0 atom stereocenters. The van der Waals surface area contributed by atoms with Crippen molar-refractivity contribution in [3.63, 3.8) is 0 Å². The number of hydrogen-bond acceptors (Lipinski definition) is 2. The Balaban J connectivity index is 3.15. The third-order valence-corrected chi connectivity index (χ3v) is 3.26. The number of pyridine rings is 1. The van der Waals surface area contributed by atoms with Gasteiger partial charge in [0.15, 0.2) is 0 Å². The molecule has 1 aromatic heterocycles. The first kappa shape index (κ1) is 14.2. The zero-order valence-electron chi connectivity index (χ0n) is 10.5. The van der Waals surface area contributed by atoms with Crippen molar-refractivity contribution >= 4 is 28.5 Å². The number of aromatic nitrogens is 1. The molecular weight excluding hydrogens is 331 g/mol. The Morgan fingerprint density at radius 2 is 1.82 bits per heavy atom. The molecule has 0 saturated heterocycles. The van der Waals surface area contributed by atoms with Crippen molar-refractivity contribution in [2.75, 3.05) is 0 Å². The van der Waals surface area contributed by atoms with Crippen molar-refractivity contribution in [3.8, 4) is 0 Å². The summed E-state index contributed by atoms with van der Waals surface area (Å²) in [5.41, 5.74) is 0.180. The fourth-order valence-electron chi connectivity index (χ4n) is 1.82. The first-order valence-electron chi connectivity index (χ1n) is 5.57. The largest absolute Gasteiger partial charge is 0.617 e. The van der Waals surface area contributed by atoms with Gasteiger partial charge >= 0.3 is 5.91 Å². The lowest BCUT2D eigenvalue weighted by Gasteiger charge is -2.29. The lowest BCUT2D eigenvalue weighted by atomic mass is 10.2. The van der Waals surface area contributed by atoms with Crippen molar-refractivity contribution < 1.29 is 9.52 Å². The number of hydrogen-bond donors (Lipinski definition) is 0. The highest BCUT2D eigenvalue weighted by molar-refractivity contribution is 14.1.